The fourth-order valence-electron chi connectivity index (χ4n) is 0.888. The molecule has 56 valence electrons. The molecule has 0 fully saturated rings. The lowest BCUT2D eigenvalue weighted by molar-refractivity contribution is 0.927. The van der Waals surface area contributed by atoms with Gasteiger partial charge in [0.1, 0.15) is 17.0 Å². The highest BCUT2D eigenvalue weighted by molar-refractivity contribution is 6.29. The van der Waals surface area contributed by atoms with Crippen molar-refractivity contribution in [3.8, 4) is 0 Å². The van der Waals surface area contributed by atoms with E-state index in [1.54, 1.807) is 12.1 Å². The highest BCUT2D eigenvalue weighted by Gasteiger charge is 1.99. The second-order valence-corrected chi connectivity index (χ2v) is 2.50. The standard InChI is InChI=1S/C6H5ClN4/c7-5-2-1-4-6(8)9-3-11(4)10-5/h1-3H,8H2. The predicted octanol–water partition coefficient (Wildman–Crippen LogP) is 0.965. The Hall–Kier alpha value is -1.29. The quantitative estimate of drug-likeness (QED) is 0.638. The lowest BCUT2D eigenvalue weighted by Crippen LogP contribution is -1.90. The van der Waals surface area contributed by atoms with Crippen molar-refractivity contribution in [1.82, 2.24) is 14.6 Å². The number of aromatic nitrogens is 3. The molecule has 0 amide bonds. The minimum absolute atomic E-state index is 0.426. The van der Waals surface area contributed by atoms with E-state index in [-0.39, 0.29) is 0 Å². The maximum Gasteiger partial charge on any atom is 0.151 e. The van der Waals surface area contributed by atoms with Gasteiger partial charge in [0.2, 0.25) is 0 Å². The molecule has 11 heavy (non-hydrogen) atoms. The van der Waals surface area contributed by atoms with Crippen LogP contribution in [0.5, 0.6) is 0 Å². The molecule has 0 aliphatic heterocycles. The summed E-state index contributed by atoms with van der Waals surface area (Å²) in [5.41, 5.74) is 6.28. The summed E-state index contributed by atoms with van der Waals surface area (Å²) in [7, 11) is 0. The lowest BCUT2D eigenvalue weighted by Gasteiger charge is -1.91. The molecule has 2 aromatic heterocycles. The Morgan fingerprint density at radius 2 is 2.27 bits per heavy atom. The molecule has 0 atom stereocenters. The van der Waals surface area contributed by atoms with Crippen molar-refractivity contribution in [3.05, 3.63) is 23.6 Å². The smallest absolute Gasteiger partial charge is 0.151 e. The number of rotatable bonds is 0. The first-order valence-electron chi connectivity index (χ1n) is 3.03. The Balaban J connectivity index is 2.86. The SMILES string of the molecule is Nc1ncn2nc(Cl)ccc12. The predicted molar refractivity (Wildman–Crippen MR) is 42.4 cm³/mol. The molecule has 2 N–H and O–H groups in total. The highest BCUT2D eigenvalue weighted by Crippen LogP contribution is 2.11. The Kier molecular flexibility index (Phi) is 1.22. The van der Waals surface area contributed by atoms with Crippen LogP contribution in [0.4, 0.5) is 5.82 Å². The summed E-state index contributed by atoms with van der Waals surface area (Å²) < 4.78 is 1.54. The number of nitrogens with zero attached hydrogens (tertiary/aromatic N) is 3. The van der Waals surface area contributed by atoms with Crippen LogP contribution in [0.3, 0.4) is 0 Å². The zero-order valence-electron chi connectivity index (χ0n) is 5.53. The molecule has 0 aliphatic carbocycles. The second-order valence-electron chi connectivity index (χ2n) is 2.12. The number of hydrogen-bond acceptors (Lipinski definition) is 3. The molecular weight excluding hydrogens is 164 g/mol. The van der Waals surface area contributed by atoms with Gasteiger partial charge in [0.25, 0.3) is 0 Å². The van der Waals surface area contributed by atoms with Crippen LogP contribution in [0.1, 0.15) is 0 Å². The summed E-state index contributed by atoms with van der Waals surface area (Å²) in [5.74, 6) is 0.467. The van der Waals surface area contributed by atoms with E-state index in [9.17, 15) is 0 Å². The largest absolute Gasteiger partial charge is 0.382 e. The van der Waals surface area contributed by atoms with E-state index in [1.165, 1.54) is 10.8 Å². The molecule has 4 nitrogen and oxygen atoms in total. The van der Waals surface area contributed by atoms with E-state index >= 15 is 0 Å². The molecule has 0 aromatic carbocycles. The van der Waals surface area contributed by atoms with Gasteiger partial charge in [0, 0.05) is 0 Å². The van der Waals surface area contributed by atoms with Gasteiger partial charge in [-0.2, -0.15) is 5.10 Å². The number of hydrogen-bond donors (Lipinski definition) is 1. The summed E-state index contributed by atoms with van der Waals surface area (Å²) >= 11 is 5.63. The fourth-order valence-corrected chi connectivity index (χ4v) is 1.03. The van der Waals surface area contributed by atoms with Gasteiger partial charge in [0.15, 0.2) is 5.82 Å². The van der Waals surface area contributed by atoms with Crippen molar-refractivity contribution >= 4 is 22.9 Å². The minimum atomic E-state index is 0.426. The van der Waals surface area contributed by atoms with E-state index in [0.717, 1.165) is 5.52 Å². The first kappa shape index (κ1) is 6.42. The van der Waals surface area contributed by atoms with Crippen molar-refractivity contribution < 1.29 is 0 Å². The minimum Gasteiger partial charge on any atom is -0.382 e. The van der Waals surface area contributed by atoms with Crippen LogP contribution >= 0.6 is 11.6 Å². The Bertz CT molecular complexity index is 394. The van der Waals surface area contributed by atoms with Gasteiger partial charge in [0.05, 0.1) is 0 Å². The van der Waals surface area contributed by atoms with Crippen LogP contribution < -0.4 is 5.73 Å². The fraction of sp³-hybridized carbons (Fsp3) is 0. The molecule has 5 heteroatoms. The number of halogens is 1. The Morgan fingerprint density at radius 3 is 3.09 bits per heavy atom. The third-order valence-electron chi connectivity index (χ3n) is 1.40. The zero-order valence-corrected chi connectivity index (χ0v) is 6.28. The Morgan fingerprint density at radius 1 is 1.45 bits per heavy atom. The molecular formula is C6H5ClN4. The van der Waals surface area contributed by atoms with E-state index in [0.29, 0.717) is 11.0 Å². The second kappa shape index (κ2) is 2.10. The summed E-state index contributed by atoms with van der Waals surface area (Å²) in [4.78, 5) is 3.86. The van der Waals surface area contributed by atoms with E-state index in [1.807, 2.05) is 0 Å². The van der Waals surface area contributed by atoms with Crippen LogP contribution in [0.2, 0.25) is 5.15 Å². The third-order valence-corrected chi connectivity index (χ3v) is 1.60. The molecule has 0 bridgehead atoms. The van der Waals surface area contributed by atoms with Crippen molar-refractivity contribution in [2.45, 2.75) is 0 Å². The van der Waals surface area contributed by atoms with Gasteiger partial charge >= 0.3 is 0 Å². The summed E-state index contributed by atoms with van der Waals surface area (Å²) in [6.45, 7) is 0. The molecule has 0 aliphatic rings. The normalized spacial score (nSPS) is 10.6. The topological polar surface area (TPSA) is 56.2 Å². The number of imidazole rings is 1. The third kappa shape index (κ3) is 0.914. The van der Waals surface area contributed by atoms with Gasteiger partial charge in [-0.15, -0.1) is 0 Å². The van der Waals surface area contributed by atoms with E-state index < -0.39 is 0 Å². The summed E-state index contributed by atoms with van der Waals surface area (Å²) in [5, 5.41) is 4.36. The van der Waals surface area contributed by atoms with Crippen molar-refractivity contribution in [3.63, 3.8) is 0 Å². The molecule has 0 unspecified atom stereocenters. The van der Waals surface area contributed by atoms with E-state index in [2.05, 4.69) is 10.1 Å². The summed E-state index contributed by atoms with van der Waals surface area (Å²) in [6.07, 6.45) is 1.52. The summed E-state index contributed by atoms with van der Waals surface area (Å²) in [6, 6.07) is 3.45. The van der Waals surface area contributed by atoms with Crippen molar-refractivity contribution in [2.24, 2.45) is 0 Å². The van der Waals surface area contributed by atoms with Gasteiger partial charge in [-0.25, -0.2) is 9.50 Å². The molecule has 2 aromatic rings. The zero-order chi connectivity index (χ0) is 7.84. The number of nitrogen functional groups attached to an aromatic ring is 1. The maximum atomic E-state index is 5.63. The number of nitrogens with two attached hydrogens (primary N) is 1. The van der Waals surface area contributed by atoms with Crippen LogP contribution in [0.25, 0.3) is 5.52 Å². The Labute approximate surface area is 67.6 Å². The maximum absolute atomic E-state index is 5.63. The van der Waals surface area contributed by atoms with Gasteiger partial charge in [-0.05, 0) is 12.1 Å². The molecule has 0 saturated heterocycles. The molecule has 0 saturated carbocycles. The van der Waals surface area contributed by atoms with Crippen LogP contribution in [0.15, 0.2) is 18.5 Å². The molecule has 2 rings (SSSR count). The first-order valence-corrected chi connectivity index (χ1v) is 3.40. The van der Waals surface area contributed by atoms with E-state index in [4.69, 9.17) is 17.3 Å². The van der Waals surface area contributed by atoms with Crippen LogP contribution in [-0.4, -0.2) is 14.6 Å². The highest BCUT2D eigenvalue weighted by atomic mass is 35.5. The molecule has 0 spiro atoms. The molecule has 2 heterocycles. The van der Waals surface area contributed by atoms with Crippen molar-refractivity contribution in [1.29, 1.82) is 0 Å². The average molecular weight is 169 g/mol. The monoisotopic (exact) mass is 168 g/mol. The van der Waals surface area contributed by atoms with Gasteiger partial charge in [-0.1, -0.05) is 11.6 Å². The lowest BCUT2D eigenvalue weighted by atomic mass is 10.4. The number of anilines is 1. The number of fused-ring (bicyclic) bond motifs is 1. The van der Waals surface area contributed by atoms with Crippen LogP contribution in [-0.2, 0) is 0 Å². The average Bonchev–Trinajstić information content (AvgIpc) is 2.32. The molecule has 0 radical (unpaired) electrons. The van der Waals surface area contributed by atoms with Crippen LogP contribution in [0, 0.1) is 0 Å². The van der Waals surface area contributed by atoms with Gasteiger partial charge in [-0.3, -0.25) is 0 Å². The van der Waals surface area contributed by atoms with Gasteiger partial charge < -0.3 is 5.73 Å². The first-order chi connectivity index (χ1) is 5.27. The van der Waals surface area contributed by atoms with Crippen molar-refractivity contribution in [2.75, 3.05) is 5.73 Å².